The predicted octanol–water partition coefficient (Wildman–Crippen LogP) is -2.76. The van der Waals surface area contributed by atoms with Gasteiger partial charge in [0.15, 0.2) is 5.78 Å². The zero-order chi connectivity index (χ0) is 15.3. The van der Waals surface area contributed by atoms with Gasteiger partial charge in [-0.25, -0.2) is 0 Å². The van der Waals surface area contributed by atoms with Crippen LogP contribution in [-0.4, -0.2) is 27.7 Å². The molecule has 2 aromatic rings. The molecule has 3 rings (SSSR count). The molecule has 7 heteroatoms. The van der Waals surface area contributed by atoms with Gasteiger partial charge in [0.05, 0.1) is 17.1 Å². The number of carbonyl (C=O) groups is 3. The molecule has 0 heterocycles. The van der Waals surface area contributed by atoms with Crippen molar-refractivity contribution in [1.82, 2.24) is 0 Å². The summed E-state index contributed by atoms with van der Waals surface area (Å²) in [6.45, 7) is 0. The van der Waals surface area contributed by atoms with E-state index in [-0.39, 0.29) is 57.6 Å². The molecule has 1 aliphatic carbocycles. The molecule has 0 bridgehead atoms. The number of ketones is 2. The molecule has 0 spiro atoms. The van der Waals surface area contributed by atoms with Crippen molar-refractivity contribution in [3.63, 3.8) is 0 Å². The average molecular weight is 306 g/mol. The van der Waals surface area contributed by atoms with E-state index in [0.717, 1.165) is 12.1 Å². The van der Waals surface area contributed by atoms with Crippen molar-refractivity contribution in [2.24, 2.45) is 0 Å². The van der Waals surface area contributed by atoms with Gasteiger partial charge in [0.2, 0.25) is 5.78 Å². The van der Waals surface area contributed by atoms with Gasteiger partial charge in [-0.1, -0.05) is 12.1 Å². The molecule has 0 fully saturated rings. The van der Waals surface area contributed by atoms with Crippen molar-refractivity contribution < 1.29 is 59.3 Å². The molecular formula is C15H7NaO6. The number of hydrogen-bond donors (Lipinski definition) is 2. The van der Waals surface area contributed by atoms with Crippen LogP contribution >= 0.6 is 0 Å². The van der Waals surface area contributed by atoms with Crippen LogP contribution < -0.4 is 34.7 Å². The fourth-order valence-corrected chi connectivity index (χ4v) is 2.40. The van der Waals surface area contributed by atoms with Crippen molar-refractivity contribution in [3.05, 3.63) is 58.1 Å². The molecule has 0 aliphatic heterocycles. The van der Waals surface area contributed by atoms with Gasteiger partial charge in [-0.2, -0.15) is 0 Å². The van der Waals surface area contributed by atoms with Gasteiger partial charge in [0, 0.05) is 16.7 Å². The Labute approximate surface area is 146 Å². The number of benzene rings is 2. The summed E-state index contributed by atoms with van der Waals surface area (Å²) in [7, 11) is 0. The van der Waals surface area contributed by atoms with Gasteiger partial charge in [-0.15, -0.1) is 0 Å². The molecule has 0 radical (unpaired) electrons. The monoisotopic (exact) mass is 306 g/mol. The number of carboxylic acids is 1. The Balaban J connectivity index is 0.00000176. The standard InChI is InChI=1S/C15H8O6.Na/c16-9-3-1-2-7-11(9)14(19)12-8(13(7)18)4-6(15(20)21)5-10(12)17;/h1-5,16-17H,(H,20,21);/q;+1/p-1. The van der Waals surface area contributed by atoms with Crippen molar-refractivity contribution in [3.8, 4) is 11.5 Å². The summed E-state index contributed by atoms with van der Waals surface area (Å²) in [4.78, 5) is 35.6. The van der Waals surface area contributed by atoms with E-state index in [9.17, 15) is 29.7 Å². The second-order valence-corrected chi connectivity index (χ2v) is 4.56. The van der Waals surface area contributed by atoms with Crippen molar-refractivity contribution in [2.75, 3.05) is 0 Å². The zero-order valence-corrected chi connectivity index (χ0v) is 13.4. The second-order valence-electron chi connectivity index (χ2n) is 4.56. The summed E-state index contributed by atoms with van der Waals surface area (Å²) < 4.78 is 0. The van der Waals surface area contributed by atoms with Crippen LogP contribution in [0.3, 0.4) is 0 Å². The first-order chi connectivity index (χ1) is 9.91. The van der Waals surface area contributed by atoms with Gasteiger partial charge >= 0.3 is 29.6 Å². The molecular weight excluding hydrogens is 299 g/mol. The van der Waals surface area contributed by atoms with Crippen LogP contribution in [0.25, 0.3) is 0 Å². The second kappa shape index (κ2) is 5.57. The van der Waals surface area contributed by atoms with E-state index in [0.29, 0.717) is 0 Å². The number of carboxylic acid groups (broad SMARTS) is 1. The third-order valence-corrected chi connectivity index (χ3v) is 3.34. The molecule has 0 saturated heterocycles. The third-order valence-electron chi connectivity index (χ3n) is 3.34. The minimum Gasteiger partial charge on any atom is -0.545 e. The van der Waals surface area contributed by atoms with Gasteiger partial charge in [-0.3, -0.25) is 9.59 Å². The van der Waals surface area contributed by atoms with Crippen LogP contribution in [0.5, 0.6) is 11.5 Å². The number of fused-ring (bicyclic) bond motifs is 2. The largest absolute Gasteiger partial charge is 1.00 e. The summed E-state index contributed by atoms with van der Waals surface area (Å²) in [6, 6.07) is 5.82. The molecule has 0 unspecified atom stereocenters. The van der Waals surface area contributed by atoms with Crippen LogP contribution in [0.4, 0.5) is 0 Å². The Kier molecular flexibility index (Phi) is 4.10. The van der Waals surface area contributed by atoms with Crippen molar-refractivity contribution >= 4 is 17.5 Å². The molecule has 2 aromatic carbocycles. The quantitative estimate of drug-likeness (QED) is 0.471. The number of rotatable bonds is 1. The third kappa shape index (κ3) is 2.21. The summed E-state index contributed by atoms with van der Waals surface area (Å²) in [6.07, 6.45) is 0. The van der Waals surface area contributed by atoms with Crippen LogP contribution in [0.1, 0.15) is 42.2 Å². The summed E-state index contributed by atoms with van der Waals surface area (Å²) in [5.74, 6) is -3.97. The van der Waals surface area contributed by atoms with Crippen LogP contribution in [0, 0.1) is 0 Å². The molecule has 104 valence electrons. The minimum absolute atomic E-state index is 0. The fraction of sp³-hybridized carbons (Fsp3) is 0. The average Bonchev–Trinajstić information content (AvgIpc) is 2.43. The molecule has 0 amide bonds. The molecule has 2 N–H and O–H groups in total. The maximum atomic E-state index is 12.3. The number of phenols is 2. The molecule has 0 atom stereocenters. The van der Waals surface area contributed by atoms with E-state index in [4.69, 9.17) is 0 Å². The molecule has 1 aliphatic rings. The van der Waals surface area contributed by atoms with Gasteiger partial charge in [0.1, 0.15) is 11.5 Å². The number of hydrogen-bond acceptors (Lipinski definition) is 6. The van der Waals surface area contributed by atoms with Gasteiger partial charge in [0.25, 0.3) is 0 Å². The first-order valence-corrected chi connectivity index (χ1v) is 5.91. The van der Waals surface area contributed by atoms with E-state index < -0.39 is 28.8 Å². The van der Waals surface area contributed by atoms with E-state index in [2.05, 4.69) is 0 Å². The SMILES string of the molecule is O=C([O-])c1cc(O)c2c(c1)C(=O)c1cccc(O)c1C2=O.[Na+]. The van der Waals surface area contributed by atoms with Crippen LogP contribution in [0.2, 0.25) is 0 Å². The van der Waals surface area contributed by atoms with Crippen molar-refractivity contribution in [2.45, 2.75) is 0 Å². The number of phenolic OH excluding ortho intramolecular Hbond substituents is 2. The van der Waals surface area contributed by atoms with Crippen LogP contribution in [0.15, 0.2) is 30.3 Å². The fourth-order valence-electron chi connectivity index (χ4n) is 2.40. The first-order valence-electron chi connectivity index (χ1n) is 5.91. The predicted molar refractivity (Wildman–Crippen MR) is 67.4 cm³/mol. The maximum absolute atomic E-state index is 12.3. The number of carbonyl (C=O) groups excluding carboxylic acids is 3. The summed E-state index contributed by atoms with van der Waals surface area (Å²) >= 11 is 0. The Bertz CT molecular complexity index is 840. The van der Waals surface area contributed by atoms with E-state index >= 15 is 0 Å². The summed E-state index contributed by atoms with van der Waals surface area (Å²) in [5.41, 5.74) is -1.19. The molecule has 6 nitrogen and oxygen atoms in total. The Hall–Kier alpha value is -2.15. The number of aromatic hydroxyl groups is 2. The van der Waals surface area contributed by atoms with Crippen LogP contribution in [-0.2, 0) is 0 Å². The Morgan fingerprint density at radius 3 is 2.18 bits per heavy atom. The number of aromatic carboxylic acids is 1. The summed E-state index contributed by atoms with van der Waals surface area (Å²) in [5, 5.41) is 30.5. The van der Waals surface area contributed by atoms with E-state index in [1.54, 1.807) is 0 Å². The molecule has 0 saturated carbocycles. The van der Waals surface area contributed by atoms with Gasteiger partial charge < -0.3 is 20.1 Å². The normalized spacial score (nSPS) is 12.2. The maximum Gasteiger partial charge on any atom is 1.00 e. The Morgan fingerprint density at radius 1 is 0.909 bits per heavy atom. The zero-order valence-electron chi connectivity index (χ0n) is 11.4. The van der Waals surface area contributed by atoms with E-state index in [1.807, 2.05) is 0 Å². The molecule has 22 heavy (non-hydrogen) atoms. The molecule has 0 aromatic heterocycles. The first kappa shape index (κ1) is 16.2. The topological polar surface area (TPSA) is 115 Å². The van der Waals surface area contributed by atoms with Crippen molar-refractivity contribution in [1.29, 1.82) is 0 Å². The van der Waals surface area contributed by atoms with Gasteiger partial charge in [-0.05, 0) is 18.2 Å². The Morgan fingerprint density at radius 2 is 1.55 bits per heavy atom. The smallest absolute Gasteiger partial charge is 0.545 e. The minimum atomic E-state index is -1.57. The van der Waals surface area contributed by atoms with E-state index in [1.165, 1.54) is 18.2 Å².